The van der Waals surface area contributed by atoms with Crippen LogP contribution in [0.25, 0.3) is 11.0 Å². The number of aromatic nitrogens is 2. The molecular weight excluding hydrogens is 292 g/mol. The van der Waals surface area contributed by atoms with Gasteiger partial charge in [-0.25, -0.2) is 13.4 Å². The highest BCUT2D eigenvalue weighted by Gasteiger charge is 2.24. The zero-order valence-electron chi connectivity index (χ0n) is 12.2. The Labute approximate surface area is 123 Å². The van der Waals surface area contributed by atoms with Gasteiger partial charge in [0.25, 0.3) is 0 Å². The van der Waals surface area contributed by atoms with Crippen molar-refractivity contribution in [1.82, 2.24) is 9.97 Å². The first-order valence-electron chi connectivity index (χ1n) is 6.47. The quantitative estimate of drug-likeness (QED) is 0.880. The van der Waals surface area contributed by atoms with Crippen molar-refractivity contribution in [2.45, 2.75) is 31.6 Å². The fraction of sp³-hybridized carbons (Fsp3) is 0.429. The second-order valence-corrected chi connectivity index (χ2v) is 8.06. The average molecular weight is 310 g/mol. The largest absolute Gasteiger partial charge is 0.481 e. The fourth-order valence-electron chi connectivity index (χ4n) is 2.28. The molecule has 21 heavy (non-hydrogen) atoms. The number of fused-ring (bicyclic) bond motifs is 1. The molecule has 0 atom stereocenters. The minimum Gasteiger partial charge on any atom is -0.481 e. The molecule has 0 aliphatic carbocycles. The number of nitrogens with zero attached hydrogens (tertiary/aromatic N) is 1. The number of aromatic amines is 1. The smallest absolute Gasteiger partial charge is 0.303 e. The molecule has 0 fully saturated rings. The van der Waals surface area contributed by atoms with E-state index in [2.05, 4.69) is 9.97 Å². The Bertz CT molecular complexity index is 790. The SMILES string of the molecule is CC(C)(CC(=O)O)Cc1nc2ccc(S(C)(=O)=O)cc2[nH]1. The van der Waals surface area contributed by atoms with Gasteiger partial charge in [0.15, 0.2) is 9.84 Å². The monoisotopic (exact) mass is 310 g/mol. The third-order valence-electron chi connectivity index (χ3n) is 3.21. The van der Waals surface area contributed by atoms with Crippen molar-refractivity contribution in [2.24, 2.45) is 5.41 Å². The van der Waals surface area contributed by atoms with Gasteiger partial charge in [-0.05, 0) is 23.6 Å². The molecule has 1 heterocycles. The van der Waals surface area contributed by atoms with E-state index >= 15 is 0 Å². The molecule has 0 bridgehead atoms. The molecule has 0 saturated heterocycles. The van der Waals surface area contributed by atoms with Crippen LogP contribution in [0.3, 0.4) is 0 Å². The Hall–Kier alpha value is -1.89. The van der Waals surface area contributed by atoms with Gasteiger partial charge in [0.2, 0.25) is 0 Å². The average Bonchev–Trinajstić information content (AvgIpc) is 2.65. The normalized spacial score (nSPS) is 12.7. The highest BCUT2D eigenvalue weighted by Crippen LogP contribution is 2.26. The van der Waals surface area contributed by atoms with Crippen molar-refractivity contribution in [2.75, 3.05) is 6.26 Å². The topological polar surface area (TPSA) is 100 Å². The van der Waals surface area contributed by atoms with E-state index in [4.69, 9.17) is 5.11 Å². The molecule has 0 aliphatic rings. The van der Waals surface area contributed by atoms with Gasteiger partial charge in [0.05, 0.1) is 22.3 Å². The predicted molar refractivity (Wildman–Crippen MR) is 78.9 cm³/mol. The molecule has 6 nitrogen and oxygen atoms in total. The molecular formula is C14H18N2O4S. The highest BCUT2D eigenvalue weighted by molar-refractivity contribution is 7.90. The van der Waals surface area contributed by atoms with Gasteiger partial charge in [-0.3, -0.25) is 4.79 Å². The zero-order chi connectivity index (χ0) is 15.8. The molecule has 0 amide bonds. The Morgan fingerprint density at radius 2 is 2.05 bits per heavy atom. The van der Waals surface area contributed by atoms with Crippen molar-refractivity contribution in [3.05, 3.63) is 24.0 Å². The summed E-state index contributed by atoms with van der Waals surface area (Å²) >= 11 is 0. The lowest BCUT2D eigenvalue weighted by Crippen LogP contribution is -2.20. The molecule has 0 radical (unpaired) electrons. The van der Waals surface area contributed by atoms with Crippen LogP contribution in [0.4, 0.5) is 0 Å². The molecule has 2 rings (SSSR count). The summed E-state index contributed by atoms with van der Waals surface area (Å²) < 4.78 is 23.1. The maximum atomic E-state index is 11.5. The predicted octanol–water partition coefficient (Wildman–Crippen LogP) is 2.01. The molecule has 1 aromatic heterocycles. The van der Waals surface area contributed by atoms with Crippen LogP contribution in [0.1, 0.15) is 26.1 Å². The molecule has 114 valence electrons. The number of aliphatic carboxylic acids is 1. The second kappa shape index (κ2) is 5.14. The molecule has 0 spiro atoms. The summed E-state index contributed by atoms with van der Waals surface area (Å²) in [7, 11) is -3.26. The number of rotatable bonds is 5. The van der Waals surface area contributed by atoms with E-state index in [9.17, 15) is 13.2 Å². The maximum Gasteiger partial charge on any atom is 0.303 e. The van der Waals surface area contributed by atoms with Crippen LogP contribution in [0.2, 0.25) is 0 Å². The van der Waals surface area contributed by atoms with Crippen LogP contribution in [-0.4, -0.2) is 35.7 Å². The number of carboxylic acids is 1. The van der Waals surface area contributed by atoms with Crippen molar-refractivity contribution in [3.8, 4) is 0 Å². The third kappa shape index (κ3) is 3.81. The Kier molecular flexibility index (Phi) is 3.79. The van der Waals surface area contributed by atoms with E-state index in [1.807, 2.05) is 13.8 Å². The van der Waals surface area contributed by atoms with Gasteiger partial charge in [0, 0.05) is 12.7 Å². The molecule has 0 aliphatic heterocycles. The summed E-state index contributed by atoms with van der Waals surface area (Å²) in [6.45, 7) is 3.71. The van der Waals surface area contributed by atoms with E-state index in [1.165, 1.54) is 6.07 Å². The Morgan fingerprint density at radius 3 is 2.62 bits per heavy atom. The van der Waals surface area contributed by atoms with Crippen LogP contribution in [0.5, 0.6) is 0 Å². The number of imidazole rings is 1. The highest BCUT2D eigenvalue weighted by atomic mass is 32.2. The summed E-state index contributed by atoms with van der Waals surface area (Å²) in [6, 6.07) is 4.71. The van der Waals surface area contributed by atoms with E-state index in [0.717, 1.165) is 6.26 Å². The summed E-state index contributed by atoms with van der Waals surface area (Å²) in [6.07, 6.45) is 1.67. The molecule has 2 aromatic rings. The lowest BCUT2D eigenvalue weighted by molar-refractivity contribution is -0.139. The van der Waals surface area contributed by atoms with Crippen LogP contribution in [0.15, 0.2) is 23.1 Å². The lowest BCUT2D eigenvalue weighted by Gasteiger charge is -2.20. The van der Waals surface area contributed by atoms with Crippen molar-refractivity contribution < 1.29 is 18.3 Å². The van der Waals surface area contributed by atoms with Gasteiger partial charge in [0.1, 0.15) is 5.82 Å². The van der Waals surface area contributed by atoms with Crippen LogP contribution >= 0.6 is 0 Å². The number of H-pyrrole nitrogens is 1. The number of sulfone groups is 1. The first-order valence-corrected chi connectivity index (χ1v) is 8.36. The number of benzene rings is 1. The Morgan fingerprint density at radius 1 is 1.38 bits per heavy atom. The van der Waals surface area contributed by atoms with E-state index in [-0.39, 0.29) is 11.3 Å². The zero-order valence-corrected chi connectivity index (χ0v) is 13.0. The first-order chi connectivity index (χ1) is 9.57. The number of nitrogens with one attached hydrogen (secondary N) is 1. The Balaban J connectivity index is 2.33. The van der Waals surface area contributed by atoms with Crippen molar-refractivity contribution in [3.63, 3.8) is 0 Å². The van der Waals surface area contributed by atoms with Gasteiger partial charge in [-0.2, -0.15) is 0 Å². The fourth-order valence-corrected chi connectivity index (χ4v) is 2.93. The summed E-state index contributed by atoms with van der Waals surface area (Å²) in [5.74, 6) is -0.197. The minimum atomic E-state index is -3.26. The summed E-state index contributed by atoms with van der Waals surface area (Å²) in [4.78, 5) is 18.5. The number of hydrogen-bond acceptors (Lipinski definition) is 4. The standard InChI is InChI=1S/C14H18N2O4S/c1-14(2,8-13(17)18)7-12-15-10-5-4-9(21(3,19)20)6-11(10)16-12/h4-6H,7-8H2,1-3H3,(H,15,16)(H,17,18). The molecule has 7 heteroatoms. The summed E-state index contributed by atoms with van der Waals surface area (Å²) in [5.41, 5.74) is 0.877. The van der Waals surface area contributed by atoms with Gasteiger partial charge < -0.3 is 10.1 Å². The lowest BCUT2D eigenvalue weighted by atomic mass is 9.85. The van der Waals surface area contributed by atoms with E-state index < -0.39 is 21.2 Å². The molecule has 1 aromatic carbocycles. The number of carboxylic acid groups (broad SMARTS) is 1. The first kappa shape index (κ1) is 15.5. The van der Waals surface area contributed by atoms with E-state index in [1.54, 1.807) is 12.1 Å². The maximum absolute atomic E-state index is 11.5. The van der Waals surface area contributed by atoms with Crippen LogP contribution in [0, 0.1) is 5.41 Å². The second-order valence-electron chi connectivity index (χ2n) is 6.05. The van der Waals surface area contributed by atoms with Gasteiger partial charge in [-0.15, -0.1) is 0 Å². The van der Waals surface area contributed by atoms with Crippen molar-refractivity contribution in [1.29, 1.82) is 0 Å². The van der Waals surface area contributed by atoms with Crippen LogP contribution < -0.4 is 0 Å². The third-order valence-corrected chi connectivity index (χ3v) is 4.32. The van der Waals surface area contributed by atoms with Gasteiger partial charge >= 0.3 is 5.97 Å². The number of hydrogen-bond donors (Lipinski definition) is 2. The van der Waals surface area contributed by atoms with Crippen molar-refractivity contribution >= 4 is 26.8 Å². The van der Waals surface area contributed by atoms with E-state index in [0.29, 0.717) is 23.3 Å². The van der Waals surface area contributed by atoms with Gasteiger partial charge in [-0.1, -0.05) is 13.8 Å². The minimum absolute atomic E-state index is 0.0403. The summed E-state index contributed by atoms with van der Waals surface area (Å²) in [5, 5.41) is 8.90. The molecule has 0 unspecified atom stereocenters. The molecule has 0 saturated carbocycles. The van der Waals surface area contributed by atoms with Crippen LogP contribution in [-0.2, 0) is 21.1 Å². The number of carbonyl (C=O) groups is 1. The molecule has 2 N–H and O–H groups in total.